The van der Waals surface area contributed by atoms with Crippen molar-refractivity contribution < 1.29 is 0 Å². The molecule has 0 atom stereocenters. The van der Waals surface area contributed by atoms with Gasteiger partial charge in [-0.1, -0.05) is 34.6 Å². The molecule has 2 aliphatic rings. The Morgan fingerprint density at radius 3 is 1.47 bits per heavy atom. The zero-order valence-corrected chi connectivity index (χ0v) is 14.0. The Hall–Kier alpha value is 0. The number of rotatable bonds is 2. The second-order valence-electron chi connectivity index (χ2n) is 8.90. The Balaban J connectivity index is 1.77. The molecule has 2 aliphatic carbocycles. The summed E-state index contributed by atoms with van der Waals surface area (Å²) in [7, 11) is 0. The minimum atomic E-state index is 0.542. The van der Waals surface area contributed by atoms with Crippen molar-refractivity contribution in [3.05, 3.63) is 0 Å². The van der Waals surface area contributed by atoms with Gasteiger partial charge in [-0.3, -0.25) is 0 Å². The predicted molar refractivity (Wildman–Crippen MR) is 85.2 cm³/mol. The van der Waals surface area contributed by atoms with Gasteiger partial charge in [0.05, 0.1) is 0 Å². The molecule has 0 radical (unpaired) electrons. The highest BCUT2D eigenvalue weighted by atomic mass is 14.4. The molecular formula is C19H36. The summed E-state index contributed by atoms with van der Waals surface area (Å²) in [5.74, 6) is 5.08. The van der Waals surface area contributed by atoms with E-state index < -0.39 is 0 Å². The third kappa shape index (κ3) is 3.99. The van der Waals surface area contributed by atoms with E-state index in [1.807, 2.05) is 0 Å². The van der Waals surface area contributed by atoms with Gasteiger partial charge in [-0.05, 0) is 86.4 Å². The number of hydrogen-bond acceptors (Lipinski definition) is 0. The second kappa shape index (κ2) is 6.19. The van der Waals surface area contributed by atoms with Crippen molar-refractivity contribution in [1.82, 2.24) is 0 Å². The quantitative estimate of drug-likeness (QED) is 0.549. The minimum Gasteiger partial charge on any atom is -0.0625 e. The van der Waals surface area contributed by atoms with Crippen LogP contribution in [0.15, 0.2) is 0 Å². The summed E-state index contributed by atoms with van der Waals surface area (Å²) in [6.07, 6.45) is 12.2. The van der Waals surface area contributed by atoms with Gasteiger partial charge in [-0.2, -0.15) is 0 Å². The van der Waals surface area contributed by atoms with Crippen LogP contribution in [0.1, 0.15) is 86.0 Å². The van der Waals surface area contributed by atoms with Gasteiger partial charge in [0.1, 0.15) is 0 Å². The lowest BCUT2D eigenvalue weighted by Crippen LogP contribution is -2.30. The molecule has 0 saturated heterocycles. The summed E-state index contributed by atoms with van der Waals surface area (Å²) < 4.78 is 0. The maximum Gasteiger partial charge on any atom is -0.0354 e. The lowest BCUT2D eigenvalue weighted by atomic mass is 9.64. The van der Waals surface area contributed by atoms with Gasteiger partial charge >= 0.3 is 0 Å². The molecule has 19 heavy (non-hydrogen) atoms. The third-order valence-electron chi connectivity index (χ3n) is 6.42. The van der Waals surface area contributed by atoms with Crippen LogP contribution in [-0.4, -0.2) is 0 Å². The standard InChI is InChI=1S/C19H36/c1-14(2)15-6-8-16(9-7-15)17-10-12-18(13-11-17)19(3,4)5/h14-18H,6-13H2,1-5H3. The van der Waals surface area contributed by atoms with Gasteiger partial charge in [0.25, 0.3) is 0 Å². The molecule has 0 aromatic heterocycles. The van der Waals surface area contributed by atoms with Crippen LogP contribution in [0.2, 0.25) is 0 Å². The average molecular weight is 264 g/mol. The van der Waals surface area contributed by atoms with Gasteiger partial charge in [0.15, 0.2) is 0 Å². The molecule has 2 rings (SSSR count). The fourth-order valence-electron chi connectivity index (χ4n) is 4.74. The van der Waals surface area contributed by atoms with E-state index in [-0.39, 0.29) is 0 Å². The van der Waals surface area contributed by atoms with E-state index in [2.05, 4.69) is 34.6 Å². The first-order valence-corrected chi connectivity index (χ1v) is 8.88. The zero-order valence-electron chi connectivity index (χ0n) is 14.0. The molecule has 2 fully saturated rings. The smallest absolute Gasteiger partial charge is 0.0354 e. The van der Waals surface area contributed by atoms with E-state index in [1.54, 1.807) is 0 Å². The van der Waals surface area contributed by atoms with E-state index in [0.717, 1.165) is 29.6 Å². The molecule has 0 N–H and O–H groups in total. The maximum absolute atomic E-state index is 2.44. The molecule has 0 aromatic carbocycles. The Kier molecular flexibility index (Phi) is 5.01. The molecule has 0 aromatic rings. The van der Waals surface area contributed by atoms with Crippen molar-refractivity contribution >= 4 is 0 Å². The van der Waals surface area contributed by atoms with Crippen LogP contribution in [0.25, 0.3) is 0 Å². The fourth-order valence-corrected chi connectivity index (χ4v) is 4.74. The van der Waals surface area contributed by atoms with Gasteiger partial charge in [-0.15, -0.1) is 0 Å². The monoisotopic (exact) mass is 264 g/mol. The van der Waals surface area contributed by atoms with Crippen molar-refractivity contribution in [1.29, 1.82) is 0 Å². The lowest BCUT2D eigenvalue weighted by Gasteiger charge is -2.42. The Bertz CT molecular complexity index is 254. The van der Waals surface area contributed by atoms with E-state index in [0.29, 0.717) is 5.41 Å². The molecule has 0 bridgehead atoms. The van der Waals surface area contributed by atoms with Crippen LogP contribution < -0.4 is 0 Å². The Morgan fingerprint density at radius 2 is 1.11 bits per heavy atom. The molecular weight excluding hydrogens is 228 g/mol. The first-order chi connectivity index (χ1) is 8.88. The normalized spacial score (nSPS) is 37.6. The summed E-state index contributed by atoms with van der Waals surface area (Å²) in [4.78, 5) is 0. The van der Waals surface area contributed by atoms with Crippen LogP contribution in [0.5, 0.6) is 0 Å². The largest absolute Gasteiger partial charge is 0.0625 e. The first-order valence-electron chi connectivity index (χ1n) is 8.88. The molecule has 0 heteroatoms. The van der Waals surface area contributed by atoms with Gasteiger partial charge < -0.3 is 0 Å². The van der Waals surface area contributed by atoms with Crippen molar-refractivity contribution in [3.8, 4) is 0 Å². The number of hydrogen-bond donors (Lipinski definition) is 0. The molecule has 0 heterocycles. The summed E-state index contributed by atoms with van der Waals surface area (Å²) in [5, 5.41) is 0. The molecule has 0 spiro atoms. The van der Waals surface area contributed by atoms with Crippen molar-refractivity contribution in [3.63, 3.8) is 0 Å². The Labute approximate surface area is 121 Å². The van der Waals surface area contributed by atoms with Crippen molar-refractivity contribution in [2.75, 3.05) is 0 Å². The molecule has 112 valence electrons. The zero-order chi connectivity index (χ0) is 14.0. The highest BCUT2D eigenvalue weighted by molar-refractivity contribution is 4.85. The highest BCUT2D eigenvalue weighted by Gasteiger charge is 2.34. The van der Waals surface area contributed by atoms with Crippen LogP contribution in [-0.2, 0) is 0 Å². The second-order valence-corrected chi connectivity index (χ2v) is 8.90. The fraction of sp³-hybridized carbons (Fsp3) is 1.00. The van der Waals surface area contributed by atoms with E-state index in [1.165, 1.54) is 51.4 Å². The Morgan fingerprint density at radius 1 is 0.684 bits per heavy atom. The SMILES string of the molecule is CC(C)C1CCC(C2CCC(C(C)(C)C)CC2)CC1. The molecule has 0 aliphatic heterocycles. The lowest BCUT2D eigenvalue weighted by molar-refractivity contribution is 0.0951. The van der Waals surface area contributed by atoms with E-state index in [4.69, 9.17) is 0 Å². The highest BCUT2D eigenvalue weighted by Crippen LogP contribution is 2.46. The molecule has 0 nitrogen and oxygen atoms in total. The van der Waals surface area contributed by atoms with Crippen LogP contribution in [0.4, 0.5) is 0 Å². The van der Waals surface area contributed by atoms with Crippen molar-refractivity contribution in [2.45, 2.75) is 86.0 Å². The first kappa shape index (κ1) is 15.4. The topological polar surface area (TPSA) is 0 Å². The summed E-state index contributed by atoms with van der Waals surface area (Å²) >= 11 is 0. The van der Waals surface area contributed by atoms with Crippen LogP contribution >= 0.6 is 0 Å². The van der Waals surface area contributed by atoms with E-state index >= 15 is 0 Å². The van der Waals surface area contributed by atoms with Crippen LogP contribution in [0, 0.1) is 35.0 Å². The molecule has 2 saturated carbocycles. The van der Waals surface area contributed by atoms with Gasteiger partial charge in [0, 0.05) is 0 Å². The minimum absolute atomic E-state index is 0.542. The van der Waals surface area contributed by atoms with Crippen molar-refractivity contribution in [2.24, 2.45) is 35.0 Å². The predicted octanol–water partition coefficient (Wildman–Crippen LogP) is 6.30. The van der Waals surface area contributed by atoms with Crippen LogP contribution in [0.3, 0.4) is 0 Å². The van der Waals surface area contributed by atoms with Gasteiger partial charge in [0.2, 0.25) is 0 Å². The van der Waals surface area contributed by atoms with E-state index in [9.17, 15) is 0 Å². The third-order valence-corrected chi connectivity index (χ3v) is 6.42. The average Bonchev–Trinajstić information content (AvgIpc) is 2.38. The maximum atomic E-state index is 2.44. The molecule has 0 amide bonds. The summed E-state index contributed by atoms with van der Waals surface area (Å²) in [5.41, 5.74) is 0.542. The molecule has 0 unspecified atom stereocenters. The summed E-state index contributed by atoms with van der Waals surface area (Å²) in [6, 6.07) is 0. The van der Waals surface area contributed by atoms with Gasteiger partial charge in [-0.25, -0.2) is 0 Å². The summed E-state index contributed by atoms with van der Waals surface area (Å²) in [6.45, 7) is 12.1.